The minimum absolute atomic E-state index is 0.210. The SMILES string of the molecule is CCCO[C@](C)(CC)C(=O)Nc1ccc(OCC(C)C)c(C#N)c1. The summed E-state index contributed by atoms with van der Waals surface area (Å²) in [6.45, 7) is 10.9. The number of ether oxygens (including phenoxy) is 2. The molecule has 5 heteroatoms. The van der Waals surface area contributed by atoms with Crippen LogP contribution in [0, 0.1) is 17.2 Å². The van der Waals surface area contributed by atoms with Crippen molar-refractivity contribution in [1.29, 1.82) is 5.26 Å². The van der Waals surface area contributed by atoms with Crippen LogP contribution in [0.3, 0.4) is 0 Å². The average Bonchev–Trinajstić information content (AvgIpc) is 2.58. The molecule has 5 nitrogen and oxygen atoms in total. The summed E-state index contributed by atoms with van der Waals surface area (Å²) in [5.74, 6) is 0.694. The van der Waals surface area contributed by atoms with Gasteiger partial charge in [-0.2, -0.15) is 5.26 Å². The molecule has 0 saturated heterocycles. The molecule has 24 heavy (non-hydrogen) atoms. The largest absolute Gasteiger partial charge is 0.492 e. The lowest BCUT2D eigenvalue weighted by Gasteiger charge is -2.27. The molecule has 1 N–H and O–H groups in total. The van der Waals surface area contributed by atoms with Gasteiger partial charge in [-0.25, -0.2) is 0 Å². The summed E-state index contributed by atoms with van der Waals surface area (Å²) in [5.41, 5.74) is 0.0877. The summed E-state index contributed by atoms with van der Waals surface area (Å²) >= 11 is 0. The standard InChI is InChI=1S/C19H28N2O3/c1-6-10-24-19(5,7-2)18(22)21-16-8-9-17(15(11-16)12-20)23-13-14(3)4/h8-9,11,14H,6-7,10,13H2,1-5H3,(H,21,22)/t19-/m1/s1. The van der Waals surface area contributed by atoms with E-state index in [9.17, 15) is 10.1 Å². The zero-order valence-electron chi connectivity index (χ0n) is 15.3. The van der Waals surface area contributed by atoms with Gasteiger partial charge in [-0.05, 0) is 43.9 Å². The van der Waals surface area contributed by atoms with Crippen molar-refractivity contribution in [2.24, 2.45) is 5.92 Å². The van der Waals surface area contributed by atoms with Crippen molar-refractivity contribution in [1.82, 2.24) is 0 Å². The minimum Gasteiger partial charge on any atom is -0.492 e. The first kappa shape index (κ1) is 20.0. The number of rotatable bonds is 9. The molecule has 132 valence electrons. The quantitative estimate of drug-likeness (QED) is 0.738. The van der Waals surface area contributed by atoms with E-state index in [-0.39, 0.29) is 5.91 Å². The van der Waals surface area contributed by atoms with E-state index >= 15 is 0 Å². The molecule has 0 fully saturated rings. The highest BCUT2D eigenvalue weighted by molar-refractivity contribution is 5.97. The first-order valence-electron chi connectivity index (χ1n) is 8.48. The third-order valence-corrected chi connectivity index (χ3v) is 3.71. The number of anilines is 1. The molecule has 1 aromatic rings. The van der Waals surface area contributed by atoms with Crippen LogP contribution in [0.1, 0.15) is 53.0 Å². The van der Waals surface area contributed by atoms with Gasteiger partial charge in [-0.1, -0.05) is 27.7 Å². The second-order valence-corrected chi connectivity index (χ2v) is 6.41. The van der Waals surface area contributed by atoms with Gasteiger partial charge in [0.2, 0.25) is 0 Å². The van der Waals surface area contributed by atoms with Crippen LogP contribution in [0.2, 0.25) is 0 Å². The molecule has 0 aromatic heterocycles. The Labute approximate surface area is 145 Å². The Balaban J connectivity index is 2.87. The number of hydrogen-bond donors (Lipinski definition) is 1. The van der Waals surface area contributed by atoms with E-state index in [4.69, 9.17) is 9.47 Å². The third-order valence-electron chi connectivity index (χ3n) is 3.71. The highest BCUT2D eigenvalue weighted by atomic mass is 16.5. The molecule has 1 rings (SSSR count). The van der Waals surface area contributed by atoms with Crippen molar-refractivity contribution in [3.05, 3.63) is 23.8 Å². The Morgan fingerprint density at radius 1 is 1.38 bits per heavy atom. The fourth-order valence-electron chi connectivity index (χ4n) is 2.00. The van der Waals surface area contributed by atoms with Crippen molar-refractivity contribution < 1.29 is 14.3 Å². The van der Waals surface area contributed by atoms with Gasteiger partial charge in [0.05, 0.1) is 12.2 Å². The van der Waals surface area contributed by atoms with E-state index < -0.39 is 5.60 Å². The summed E-state index contributed by atoms with van der Waals surface area (Å²) in [6.07, 6.45) is 1.42. The molecule has 0 spiro atoms. The maximum absolute atomic E-state index is 12.5. The molecule has 1 aromatic carbocycles. The number of amides is 1. The van der Waals surface area contributed by atoms with E-state index in [0.717, 1.165) is 6.42 Å². The number of carbonyl (C=O) groups excluding carboxylic acids is 1. The van der Waals surface area contributed by atoms with E-state index in [1.165, 1.54) is 0 Å². The molecule has 0 saturated carbocycles. The second-order valence-electron chi connectivity index (χ2n) is 6.41. The number of benzene rings is 1. The fourth-order valence-corrected chi connectivity index (χ4v) is 2.00. The van der Waals surface area contributed by atoms with Crippen molar-refractivity contribution >= 4 is 11.6 Å². The number of hydrogen-bond acceptors (Lipinski definition) is 4. The normalized spacial score (nSPS) is 13.2. The predicted octanol–water partition coefficient (Wildman–Crippen LogP) is 4.13. The summed E-state index contributed by atoms with van der Waals surface area (Å²) in [5, 5.41) is 12.1. The molecule has 0 radical (unpaired) electrons. The minimum atomic E-state index is -0.879. The third kappa shape index (κ3) is 5.54. The van der Waals surface area contributed by atoms with Crippen LogP contribution in [0.25, 0.3) is 0 Å². The van der Waals surface area contributed by atoms with Crippen molar-refractivity contribution in [3.8, 4) is 11.8 Å². The first-order valence-corrected chi connectivity index (χ1v) is 8.48. The van der Waals surface area contributed by atoms with E-state index in [2.05, 4.69) is 11.4 Å². The molecule has 0 heterocycles. The molecular formula is C19H28N2O3. The summed E-state index contributed by atoms with van der Waals surface area (Å²) in [4.78, 5) is 12.5. The van der Waals surface area contributed by atoms with Crippen LogP contribution in [0.5, 0.6) is 5.75 Å². The van der Waals surface area contributed by atoms with Crippen LogP contribution in [0.4, 0.5) is 5.69 Å². The lowest BCUT2D eigenvalue weighted by molar-refractivity contribution is -0.139. The van der Waals surface area contributed by atoms with Crippen LogP contribution in [0.15, 0.2) is 18.2 Å². The Hall–Kier alpha value is -2.06. The maximum Gasteiger partial charge on any atom is 0.256 e. The number of carbonyl (C=O) groups is 1. The molecule has 0 aliphatic rings. The number of nitrogens with zero attached hydrogens (tertiary/aromatic N) is 1. The predicted molar refractivity (Wildman–Crippen MR) is 95.1 cm³/mol. The van der Waals surface area contributed by atoms with Gasteiger partial charge in [0, 0.05) is 12.3 Å². The molecular weight excluding hydrogens is 304 g/mol. The van der Waals surface area contributed by atoms with Gasteiger partial charge in [0.15, 0.2) is 0 Å². The summed E-state index contributed by atoms with van der Waals surface area (Å²) in [7, 11) is 0. The average molecular weight is 332 g/mol. The second kappa shape index (κ2) is 9.29. The van der Waals surface area contributed by atoms with Crippen molar-refractivity contribution in [3.63, 3.8) is 0 Å². The van der Waals surface area contributed by atoms with Crippen LogP contribution < -0.4 is 10.1 Å². The lowest BCUT2D eigenvalue weighted by atomic mass is 10.0. The highest BCUT2D eigenvalue weighted by Crippen LogP contribution is 2.25. The lowest BCUT2D eigenvalue weighted by Crippen LogP contribution is -2.42. The number of nitriles is 1. The topological polar surface area (TPSA) is 71.3 Å². The Bertz CT molecular complexity index is 593. The van der Waals surface area contributed by atoms with Crippen molar-refractivity contribution in [2.45, 2.75) is 53.1 Å². The Morgan fingerprint density at radius 2 is 2.08 bits per heavy atom. The highest BCUT2D eigenvalue weighted by Gasteiger charge is 2.32. The summed E-state index contributed by atoms with van der Waals surface area (Å²) in [6, 6.07) is 7.20. The monoisotopic (exact) mass is 332 g/mol. The molecule has 1 amide bonds. The molecule has 1 atom stereocenters. The zero-order chi connectivity index (χ0) is 18.2. The van der Waals surface area contributed by atoms with Crippen LogP contribution >= 0.6 is 0 Å². The Morgan fingerprint density at radius 3 is 2.62 bits per heavy atom. The first-order chi connectivity index (χ1) is 11.4. The van der Waals surface area contributed by atoms with E-state index in [1.54, 1.807) is 25.1 Å². The van der Waals surface area contributed by atoms with E-state index in [0.29, 0.717) is 42.6 Å². The molecule has 0 aliphatic carbocycles. The Kier molecular flexibility index (Phi) is 7.73. The van der Waals surface area contributed by atoms with E-state index in [1.807, 2.05) is 27.7 Å². The number of nitrogens with one attached hydrogen (secondary N) is 1. The van der Waals surface area contributed by atoms with Gasteiger partial charge in [-0.3, -0.25) is 4.79 Å². The zero-order valence-corrected chi connectivity index (χ0v) is 15.3. The molecule has 0 bridgehead atoms. The van der Waals surface area contributed by atoms with Crippen molar-refractivity contribution in [2.75, 3.05) is 18.5 Å². The van der Waals surface area contributed by atoms with Gasteiger partial charge < -0.3 is 14.8 Å². The van der Waals surface area contributed by atoms with Crippen LogP contribution in [-0.4, -0.2) is 24.7 Å². The maximum atomic E-state index is 12.5. The van der Waals surface area contributed by atoms with Gasteiger partial charge in [0.25, 0.3) is 5.91 Å². The summed E-state index contributed by atoms with van der Waals surface area (Å²) < 4.78 is 11.3. The van der Waals surface area contributed by atoms with Gasteiger partial charge in [-0.15, -0.1) is 0 Å². The fraction of sp³-hybridized carbons (Fsp3) is 0.579. The molecule has 0 unspecified atom stereocenters. The van der Waals surface area contributed by atoms with Gasteiger partial charge >= 0.3 is 0 Å². The molecule has 0 aliphatic heterocycles. The smallest absolute Gasteiger partial charge is 0.256 e. The van der Waals surface area contributed by atoms with Gasteiger partial charge in [0.1, 0.15) is 17.4 Å². The van der Waals surface area contributed by atoms with Crippen LogP contribution in [-0.2, 0) is 9.53 Å².